The van der Waals surface area contributed by atoms with Crippen molar-refractivity contribution in [1.29, 1.82) is 0 Å². The number of nitrogens with zero attached hydrogens (tertiary/aromatic N) is 2. The minimum Gasteiger partial charge on any atom is -0.497 e. The zero-order chi connectivity index (χ0) is 20.4. The summed E-state index contributed by atoms with van der Waals surface area (Å²) in [4.78, 5) is 26.9. The van der Waals surface area contributed by atoms with Crippen LogP contribution in [-0.2, 0) is 16.1 Å². The highest BCUT2D eigenvalue weighted by molar-refractivity contribution is 6.04. The third kappa shape index (κ3) is 3.83. The minimum atomic E-state index is -0.372. The van der Waals surface area contributed by atoms with E-state index in [1.165, 1.54) is 0 Å². The van der Waals surface area contributed by atoms with Gasteiger partial charge in [0.2, 0.25) is 11.8 Å². The third-order valence-electron chi connectivity index (χ3n) is 5.39. The number of carbonyl (C=O) groups excluding carboxylic acids is 2. The van der Waals surface area contributed by atoms with Gasteiger partial charge in [0.15, 0.2) is 0 Å². The van der Waals surface area contributed by atoms with E-state index in [9.17, 15) is 9.59 Å². The second-order valence-electron chi connectivity index (χ2n) is 7.38. The summed E-state index contributed by atoms with van der Waals surface area (Å²) >= 11 is 0. The van der Waals surface area contributed by atoms with Crippen LogP contribution in [-0.4, -0.2) is 30.0 Å². The molecule has 3 aromatic rings. The van der Waals surface area contributed by atoms with Crippen LogP contribution in [0.3, 0.4) is 0 Å². The number of anilines is 2. The first-order valence-corrected chi connectivity index (χ1v) is 9.93. The second-order valence-corrected chi connectivity index (χ2v) is 7.38. The molecule has 1 unspecified atom stereocenters. The number of amides is 2. The van der Waals surface area contributed by atoms with Crippen LogP contribution >= 0.6 is 0 Å². The summed E-state index contributed by atoms with van der Waals surface area (Å²) in [6, 6.07) is 15.3. The molecule has 0 radical (unpaired) electrons. The third-order valence-corrected chi connectivity index (χ3v) is 5.39. The number of carbonyl (C=O) groups is 2. The fraction of sp³-hybridized carbons (Fsp3) is 0.304. The van der Waals surface area contributed by atoms with Crippen LogP contribution in [0.5, 0.6) is 5.75 Å². The number of rotatable bonds is 6. The second kappa shape index (κ2) is 7.99. The molecule has 6 heteroatoms. The van der Waals surface area contributed by atoms with Gasteiger partial charge in [-0.05, 0) is 54.3 Å². The highest BCUT2D eigenvalue weighted by Gasteiger charge is 2.35. The van der Waals surface area contributed by atoms with Gasteiger partial charge >= 0.3 is 0 Å². The maximum Gasteiger partial charge on any atom is 0.229 e. The van der Waals surface area contributed by atoms with Gasteiger partial charge in [-0.15, -0.1) is 0 Å². The zero-order valence-corrected chi connectivity index (χ0v) is 16.7. The van der Waals surface area contributed by atoms with Crippen LogP contribution in [0.25, 0.3) is 10.9 Å². The first kappa shape index (κ1) is 19.1. The van der Waals surface area contributed by atoms with Crippen molar-refractivity contribution in [2.75, 3.05) is 23.9 Å². The molecule has 1 atom stereocenters. The maximum absolute atomic E-state index is 12.8. The number of aryl methyl sites for hydroxylation is 1. The SMILES string of the molecule is CCCn1ccc2ccc(NC(=O)C3CC(=O)N(c4ccc(OC)cc4)C3)cc21. The van der Waals surface area contributed by atoms with E-state index < -0.39 is 0 Å². The van der Waals surface area contributed by atoms with E-state index >= 15 is 0 Å². The Morgan fingerprint density at radius 2 is 1.97 bits per heavy atom. The Labute approximate surface area is 170 Å². The van der Waals surface area contributed by atoms with E-state index in [2.05, 4.69) is 29.1 Å². The van der Waals surface area contributed by atoms with Crippen molar-refractivity contribution in [3.8, 4) is 5.75 Å². The molecule has 1 aliphatic rings. The van der Waals surface area contributed by atoms with Crippen LogP contribution in [0.1, 0.15) is 19.8 Å². The Balaban J connectivity index is 1.46. The highest BCUT2D eigenvalue weighted by atomic mass is 16.5. The molecule has 2 amide bonds. The summed E-state index contributed by atoms with van der Waals surface area (Å²) in [7, 11) is 1.60. The molecule has 0 bridgehead atoms. The van der Waals surface area contributed by atoms with Crippen molar-refractivity contribution in [3.05, 3.63) is 54.7 Å². The van der Waals surface area contributed by atoms with E-state index in [0.717, 1.165) is 41.0 Å². The van der Waals surface area contributed by atoms with E-state index in [1.54, 1.807) is 12.0 Å². The molecule has 0 saturated carbocycles. The van der Waals surface area contributed by atoms with Gasteiger partial charge in [-0.2, -0.15) is 0 Å². The van der Waals surface area contributed by atoms with Crippen molar-refractivity contribution < 1.29 is 14.3 Å². The number of ether oxygens (including phenoxy) is 1. The molecule has 150 valence electrons. The van der Waals surface area contributed by atoms with Crippen LogP contribution in [0.15, 0.2) is 54.7 Å². The largest absolute Gasteiger partial charge is 0.497 e. The van der Waals surface area contributed by atoms with Gasteiger partial charge in [0.25, 0.3) is 0 Å². The molecule has 0 spiro atoms. The van der Waals surface area contributed by atoms with Crippen LogP contribution in [0, 0.1) is 5.92 Å². The summed E-state index contributed by atoms with van der Waals surface area (Å²) in [6.45, 7) is 3.46. The van der Waals surface area contributed by atoms with Crippen molar-refractivity contribution in [1.82, 2.24) is 4.57 Å². The minimum absolute atomic E-state index is 0.0393. The smallest absolute Gasteiger partial charge is 0.229 e. The summed E-state index contributed by atoms with van der Waals surface area (Å²) < 4.78 is 7.35. The standard InChI is InChI=1S/C23H25N3O3/c1-3-11-25-12-10-16-4-5-18(14-21(16)25)24-23(28)17-13-22(27)26(15-17)19-6-8-20(29-2)9-7-19/h4-10,12,14,17H,3,11,13,15H2,1-2H3,(H,24,28). The number of hydrogen-bond acceptors (Lipinski definition) is 3. The van der Waals surface area contributed by atoms with Gasteiger partial charge in [-0.1, -0.05) is 13.0 Å². The molecule has 1 aromatic heterocycles. The average molecular weight is 391 g/mol. The molecular formula is C23H25N3O3. The molecule has 2 aromatic carbocycles. The van der Waals surface area contributed by atoms with Crippen molar-refractivity contribution in [2.24, 2.45) is 5.92 Å². The molecular weight excluding hydrogens is 366 g/mol. The molecule has 6 nitrogen and oxygen atoms in total. The van der Waals surface area contributed by atoms with Gasteiger partial charge in [0.1, 0.15) is 5.75 Å². The number of fused-ring (bicyclic) bond motifs is 1. The number of aromatic nitrogens is 1. The lowest BCUT2D eigenvalue weighted by atomic mass is 10.1. The van der Waals surface area contributed by atoms with Gasteiger partial charge in [-0.25, -0.2) is 0 Å². The normalized spacial score (nSPS) is 16.4. The Kier molecular flexibility index (Phi) is 5.25. The quantitative estimate of drug-likeness (QED) is 0.689. The fourth-order valence-corrected chi connectivity index (χ4v) is 3.84. The molecule has 1 N–H and O–H groups in total. The highest BCUT2D eigenvalue weighted by Crippen LogP contribution is 2.28. The number of nitrogens with one attached hydrogen (secondary N) is 1. The van der Waals surface area contributed by atoms with E-state index in [0.29, 0.717) is 6.54 Å². The Morgan fingerprint density at radius 1 is 1.17 bits per heavy atom. The number of benzene rings is 2. The summed E-state index contributed by atoms with van der Waals surface area (Å²) in [5.74, 6) is 0.200. The summed E-state index contributed by atoms with van der Waals surface area (Å²) in [5, 5.41) is 4.15. The molecule has 1 saturated heterocycles. The predicted molar refractivity (Wildman–Crippen MR) is 114 cm³/mol. The van der Waals surface area contributed by atoms with Crippen LogP contribution < -0.4 is 15.0 Å². The van der Waals surface area contributed by atoms with Crippen LogP contribution in [0.4, 0.5) is 11.4 Å². The molecule has 1 fully saturated rings. The summed E-state index contributed by atoms with van der Waals surface area (Å²) in [5.41, 5.74) is 2.64. The lowest BCUT2D eigenvalue weighted by Gasteiger charge is -2.17. The van der Waals surface area contributed by atoms with E-state index in [1.807, 2.05) is 42.5 Å². The van der Waals surface area contributed by atoms with Gasteiger partial charge in [0, 0.05) is 37.1 Å². The van der Waals surface area contributed by atoms with Gasteiger partial charge in [0.05, 0.1) is 18.5 Å². The van der Waals surface area contributed by atoms with Crippen molar-refractivity contribution >= 4 is 34.1 Å². The summed E-state index contributed by atoms with van der Waals surface area (Å²) in [6.07, 6.45) is 3.33. The Hall–Kier alpha value is -3.28. The Bertz CT molecular complexity index is 1040. The number of methoxy groups -OCH3 is 1. The van der Waals surface area contributed by atoms with Gasteiger partial charge in [-0.3, -0.25) is 9.59 Å². The Morgan fingerprint density at radius 3 is 2.69 bits per heavy atom. The monoisotopic (exact) mass is 391 g/mol. The molecule has 2 heterocycles. The first-order chi connectivity index (χ1) is 14.1. The lowest BCUT2D eigenvalue weighted by molar-refractivity contribution is -0.122. The number of hydrogen-bond donors (Lipinski definition) is 1. The predicted octanol–water partition coefficient (Wildman–Crippen LogP) is 4.05. The molecule has 0 aliphatic carbocycles. The molecule has 1 aliphatic heterocycles. The van der Waals surface area contributed by atoms with Gasteiger partial charge < -0.3 is 19.5 Å². The average Bonchev–Trinajstić information content (AvgIpc) is 3.32. The zero-order valence-electron chi connectivity index (χ0n) is 16.7. The van der Waals surface area contributed by atoms with Crippen molar-refractivity contribution in [2.45, 2.75) is 26.3 Å². The fourth-order valence-electron chi connectivity index (χ4n) is 3.84. The van der Waals surface area contributed by atoms with Crippen molar-refractivity contribution in [3.63, 3.8) is 0 Å². The lowest BCUT2D eigenvalue weighted by Crippen LogP contribution is -2.28. The molecule has 4 rings (SSSR count). The topological polar surface area (TPSA) is 63.6 Å². The van der Waals surface area contributed by atoms with E-state index in [-0.39, 0.29) is 24.2 Å². The molecule has 29 heavy (non-hydrogen) atoms. The maximum atomic E-state index is 12.8. The van der Waals surface area contributed by atoms with Crippen LogP contribution in [0.2, 0.25) is 0 Å². The van der Waals surface area contributed by atoms with E-state index in [4.69, 9.17) is 4.74 Å². The first-order valence-electron chi connectivity index (χ1n) is 9.93.